The van der Waals surface area contributed by atoms with E-state index in [9.17, 15) is 0 Å². The standard InChI is InChI=1S/3C48H33NO/c1-3-14-34(15-4-1)36-26-28-37(29-27-36)41-20-7-10-23-45(41)49(40-30-31-44-43-22-9-12-25-47(43)50-48(44)33-40)46-24-11-8-21-42(46)39-19-13-18-38(32-39)35-16-5-2-6-17-35;1-3-15-34(16-4-1)36-19-13-20-37(31-36)43-25-9-11-27-46(43)49(40-29-30-45-44-26-10-12-28-47(44)50-48(45)33-40)39-22-14-21-38(32-39)42-24-8-7-23-41(42)35-17-5-2-6-18-35;1-3-16-34(17-4-1)39-22-7-8-24-41(39)36-20-15-21-37(32-36)49(38-30-31-45-44-27-12-14-29-47(44)50-48(45)33-38)46-28-13-11-26-43(46)42-25-10-9-23-40(42)35-18-5-2-6-19-35/h3*1-33H. The van der Waals surface area contributed by atoms with Crippen LogP contribution in [-0.4, -0.2) is 0 Å². The van der Waals surface area contributed by atoms with Crippen molar-refractivity contribution in [3.05, 3.63) is 601 Å². The van der Waals surface area contributed by atoms with Crippen molar-refractivity contribution in [1.29, 1.82) is 0 Å². The van der Waals surface area contributed by atoms with E-state index in [1.165, 1.54) is 83.5 Å². The van der Waals surface area contributed by atoms with Gasteiger partial charge in [0.1, 0.15) is 33.5 Å². The zero-order valence-electron chi connectivity index (χ0n) is 82.2. The maximum absolute atomic E-state index is 6.44. The highest BCUT2D eigenvalue weighted by Crippen LogP contribution is 2.52. The first-order valence-electron chi connectivity index (χ1n) is 51.0. The van der Waals surface area contributed by atoms with E-state index in [1.54, 1.807) is 0 Å². The number of para-hydroxylation sites is 7. The molecule has 0 aliphatic carbocycles. The van der Waals surface area contributed by atoms with Gasteiger partial charge < -0.3 is 28.0 Å². The van der Waals surface area contributed by atoms with E-state index in [0.717, 1.165) is 167 Å². The first-order chi connectivity index (χ1) is 74.4. The van der Waals surface area contributed by atoms with E-state index in [-0.39, 0.29) is 0 Å². The third-order valence-electron chi connectivity index (χ3n) is 28.5. The van der Waals surface area contributed by atoms with E-state index in [2.05, 4.69) is 579 Å². The molecule has 0 amide bonds. The molecule has 0 saturated heterocycles. The van der Waals surface area contributed by atoms with Crippen LogP contribution in [0.15, 0.2) is 614 Å². The van der Waals surface area contributed by atoms with Gasteiger partial charge in [-0.1, -0.05) is 467 Å². The number of hydrogen-bond donors (Lipinski definition) is 0. The first kappa shape index (κ1) is 91.3. The van der Waals surface area contributed by atoms with Gasteiger partial charge in [-0.05, 0) is 227 Å². The molecule has 6 nitrogen and oxygen atoms in total. The Bertz CT molecular complexity index is 9530. The Morgan fingerprint density at radius 3 is 0.673 bits per heavy atom. The van der Waals surface area contributed by atoms with Crippen molar-refractivity contribution in [3.63, 3.8) is 0 Å². The molecule has 27 aromatic rings. The van der Waals surface area contributed by atoms with Gasteiger partial charge in [0.2, 0.25) is 0 Å². The third-order valence-corrected chi connectivity index (χ3v) is 28.5. The summed E-state index contributed by atoms with van der Waals surface area (Å²) in [6.45, 7) is 0. The molecule has 0 aliphatic rings. The largest absolute Gasteiger partial charge is 0.456 e. The van der Waals surface area contributed by atoms with Crippen molar-refractivity contribution in [1.82, 2.24) is 0 Å². The van der Waals surface area contributed by atoms with Gasteiger partial charge in [-0.15, -0.1) is 0 Å². The Morgan fingerprint density at radius 1 is 0.100 bits per heavy atom. The van der Waals surface area contributed by atoms with Crippen LogP contribution in [0.3, 0.4) is 0 Å². The zero-order valence-corrected chi connectivity index (χ0v) is 82.2. The van der Waals surface area contributed by atoms with Crippen LogP contribution in [0.5, 0.6) is 0 Å². The summed E-state index contributed by atoms with van der Waals surface area (Å²) in [6, 6.07) is 213. The minimum Gasteiger partial charge on any atom is -0.456 e. The molecule has 0 fully saturated rings. The summed E-state index contributed by atoms with van der Waals surface area (Å²) in [5.41, 5.74) is 43.1. The molecule has 0 unspecified atom stereocenters. The Balaban J connectivity index is 0.000000116. The summed E-state index contributed by atoms with van der Waals surface area (Å²) < 4.78 is 19.3. The summed E-state index contributed by atoms with van der Waals surface area (Å²) in [5.74, 6) is 0. The van der Waals surface area contributed by atoms with Gasteiger partial charge in [-0.3, -0.25) is 0 Å². The Morgan fingerprint density at radius 2 is 0.307 bits per heavy atom. The molecule has 24 aromatic carbocycles. The Kier molecular flexibility index (Phi) is 25.2. The minimum absolute atomic E-state index is 0.862. The van der Waals surface area contributed by atoms with Gasteiger partial charge in [-0.25, -0.2) is 0 Å². The molecular weight excluding hydrogens is 1820 g/mol. The summed E-state index contributed by atoms with van der Waals surface area (Å²) in [4.78, 5) is 7.13. The predicted octanol–water partition coefficient (Wildman–Crippen LogP) is 41.2. The molecular formula is C144H99N3O3. The summed E-state index contributed by atoms with van der Waals surface area (Å²) in [6.07, 6.45) is 0. The second-order valence-electron chi connectivity index (χ2n) is 37.6. The molecule has 0 N–H and O–H groups in total. The molecule has 27 rings (SSSR count). The molecule has 708 valence electrons. The highest BCUT2D eigenvalue weighted by molar-refractivity contribution is 6.10. The molecule has 0 bridgehead atoms. The van der Waals surface area contributed by atoms with Crippen LogP contribution in [0.2, 0.25) is 0 Å². The van der Waals surface area contributed by atoms with Crippen LogP contribution in [0.4, 0.5) is 51.2 Å². The normalized spacial score (nSPS) is 11.2. The van der Waals surface area contributed by atoms with E-state index in [0.29, 0.717) is 0 Å². The third kappa shape index (κ3) is 18.4. The highest BCUT2D eigenvalue weighted by atomic mass is 16.3. The molecule has 3 aromatic heterocycles. The van der Waals surface area contributed by atoms with Gasteiger partial charge in [0, 0.05) is 101 Å². The van der Waals surface area contributed by atoms with Gasteiger partial charge >= 0.3 is 0 Å². The maximum atomic E-state index is 6.44. The van der Waals surface area contributed by atoms with Crippen molar-refractivity contribution in [2.24, 2.45) is 0 Å². The van der Waals surface area contributed by atoms with E-state index >= 15 is 0 Å². The van der Waals surface area contributed by atoms with Crippen molar-refractivity contribution >= 4 is 117 Å². The number of rotatable bonds is 21. The number of hydrogen-bond acceptors (Lipinski definition) is 6. The number of furan rings is 3. The lowest BCUT2D eigenvalue weighted by Crippen LogP contribution is -2.12. The van der Waals surface area contributed by atoms with Crippen molar-refractivity contribution in [2.75, 3.05) is 14.7 Å². The van der Waals surface area contributed by atoms with Crippen LogP contribution in [0, 0.1) is 0 Å². The quantitative estimate of drug-likeness (QED) is 0.0715. The number of anilines is 9. The molecule has 6 heteroatoms. The van der Waals surface area contributed by atoms with Gasteiger partial charge in [0.15, 0.2) is 0 Å². The molecule has 0 radical (unpaired) electrons. The first-order valence-corrected chi connectivity index (χ1v) is 51.0. The predicted molar refractivity (Wildman–Crippen MR) is 630 cm³/mol. The molecule has 0 saturated carbocycles. The second-order valence-corrected chi connectivity index (χ2v) is 37.6. The van der Waals surface area contributed by atoms with Gasteiger partial charge in [0.25, 0.3) is 0 Å². The summed E-state index contributed by atoms with van der Waals surface area (Å²) in [5, 5.41) is 6.70. The van der Waals surface area contributed by atoms with Crippen LogP contribution < -0.4 is 14.7 Å². The summed E-state index contributed by atoms with van der Waals surface area (Å²) in [7, 11) is 0. The molecule has 0 aliphatic heterocycles. The fourth-order valence-electron chi connectivity index (χ4n) is 21.3. The number of nitrogens with zero attached hydrogens (tertiary/aromatic N) is 3. The van der Waals surface area contributed by atoms with E-state index in [4.69, 9.17) is 13.3 Å². The van der Waals surface area contributed by atoms with Crippen molar-refractivity contribution in [3.8, 4) is 134 Å². The van der Waals surface area contributed by atoms with Gasteiger partial charge in [0.05, 0.1) is 22.7 Å². The SMILES string of the molecule is c1ccc(-c2ccc(-c3ccccc3N(c3ccc4c(c3)oc3ccccc34)c3ccccc3-c3cccc(-c4ccccc4)c3)cc2)cc1.c1ccc(-c2cccc(-c3ccccc3N(c3cccc(-c4ccccc4-c4ccccc4)c3)c3ccc4c(c3)oc3ccccc34)c2)cc1.c1ccc(-c2ccccc2-c2cccc(N(c3ccc4c(c3)oc3ccccc34)c3ccccc3-c3ccccc3-c3ccccc3)c2)cc1. The van der Waals surface area contributed by atoms with Crippen molar-refractivity contribution < 1.29 is 13.3 Å². The fraction of sp³-hybridized carbons (Fsp3) is 0. The fourth-order valence-corrected chi connectivity index (χ4v) is 21.3. The van der Waals surface area contributed by atoms with Crippen molar-refractivity contribution in [2.45, 2.75) is 0 Å². The second kappa shape index (κ2) is 41.4. The lowest BCUT2D eigenvalue weighted by molar-refractivity contribution is 0.668. The Labute approximate surface area is 872 Å². The maximum Gasteiger partial charge on any atom is 0.137 e. The zero-order chi connectivity index (χ0) is 99.8. The Hall–Kier alpha value is -19.9. The number of benzene rings is 24. The average molecular weight is 1920 g/mol. The highest BCUT2D eigenvalue weighted by Gasteiger charge is 2.28. The van der Waals surface area contributed by atoms with Crippen LogP contribution in [-0.2, 0) is 0 Å². The molecule has 0 spiro atoms. The average Bonchev–Trinajstić information content (AvgIpc) is 1.58. The molecule has 3 heterocycles. The molecule has 150 heavy (non-hydrogen) atoms. The van der Waals surface area contributed by atoms with E-state index < -0.39 is 0 Å². The van der Waals surface area contributed by atoms with Crippen LogP contribution >= 0.6 is 0 Å². The summed E-state index contributed by atoms with van der Waals surface area (Å²) >= 11 is 0. The van der Waals surface area contributed by atoms with Crippen LogP contribution in [0.1, 0.15) is 0 Å². The van der Waals surface area contributed by atoms with Gasteiger partial charge in [-0.2, -0.15) is 0 Å². The minimum atomic E-state index is 0.862. The number of fused-ring (bicyclic) bond motifs is 9. The topological polar surface area (TPSA) is 49.1 Å². The smallest absolute Gasteiger partial charge is 0.137 e. The monoisotopic (exact) mass is 1920 g/mol. The molecule has 0 atom stereocenters. The lowest BCUT2D eigenvalue weighted by atomic mass is 9.92. The lowest BCUT2D eigenvalue weighted by Gasteiger charge is -2.30. The van der Waals surface area contributed by atoms with E-state index in [1.807, 2.05) is 36.4 Å². The van der Waals surface area contributed by atoms with Crippen LogP contribution in [0.25, 0.3) is 199 Å².